The van der Waals surface area contributed by atoms with Gasteiger partial charge in [0.05, 0.1) is 12.7 Å². The van der Waals surface area contributed by atoms with E-state index in [1.807, 2.05) is 12.5 Å². The predicted molar refractivity (Wildman–Crippen MR) is 89.4 cm³/mol. The molecule has 0 radical (unpaired) electrons. The number of aliphatic hydroxyl groups is 2. The van der Waals surface area contributed by atoms with Crippen molar-refractivity contribution in [1.29, 1.82) is 0 Å². The average molecular weight is 326 g/mol. The number of fused-ring (bicyclic) bond motifs is 1. The number of nitrogens with zero attached hydrogens (tertiary/aromatic N) is 2. The second-order valence-electron chi connectivity index (χ2n) is 5.10. The van der Waals surface area contributed by atoms with Crippen molar-refractivity contribution in [2.45, 2.75) is 12.6 Å². The van der Waals surface area contributed by atoms with Crippen LogP contribution in [0.25, 0.3) is 11.0 Å². The Kier molecular flexibility index (Phi) is 5.83. The van der Waals surface area contributed by atoms with E-state index >= 15 is 0 Å². The van der Waals surface area contributed by atoms with Crippen molar-refractivity contribution in [1.82, 2.24) is 20.3 Å². The molecule has 0 spiro atoms. The molecule has 0 aliphatic heterocycles. The largest absolute Gasteiger partial charge is 0.394 e. The number of anilines is 2. The molecule has 0 aromatic carbocycles. The summed E-state index contributed by atoms with van der Waals surface area (Å²) in [7, 11) is 0. The highest BCUT2D eigenvalue weighted by molar-refractivity contribution is 7.98. The fourth-order valence-corrected chi connectivity index (χ4v) is 3.06. The lowest BCUT2D eigenvalue weighted by Gasteiger charge is -2.20. The van der Waals surface area contributed by atoms with Gasteiger partial charge in [-0.2, -0.15) is 16.7 Å². The van der Waals surface area contributed by atoms with E-state index in [4.69, 9.17) is 16.6 Å². The Hall–Kier alpha value is -1.55. The van der Waals surface area contributed by atoms with Gasteiger partial charge in [-0.1, -0.05) is 0 Å². The van der Waals surface area contributed by atoms with Crippen molar-refractivity contribution in [3.05, 3.63) is 11.8 Å². The Morgan fingerprint density at radius 1 is 1.41 bits per heavy atom. The SMILES string of the molecule is CSCC(CNCc1c[nH]c2c(N)nc(N)nc12)C(O)CO. The van der Waals surface area contributed by atoms with E-state index in [-0.39, 0.29) is 18.5 Å². The maximum absolute atomic E-state index is 9.79. The third-order valence-corrected chi connectivity index (χ3v) is 4.24. The zero-order valence-electron chi connectivity index (χ0n) is 12.4. The minimum absolute atomic E-state index is 0.0185. The summed E-state index contributed by atoms with van der Waals surface area (Å²) in [5, 5.41) is 22.1. The van der Waals surface area contributed by atoms with E-state index in [1.165, 1.54) is 0 Å². The molecule has 0 bridgehead atoms. The highest BCUT2D eigenvalue weighted by Crippen LogP contribution is 2.21. The predicted octanol–water partition coefficient (Wildman–Crippen LogP) is -0.456. The van der Waals surface area contributed by atoms with Gasteiger partial charge in [-0.05, 0) is 12.0 Å². The molecule has 8 N–H and O–H groups in total. The molecule has 22 heavy (non-hydrogen) atoms. The molecular weight excluding hydrogens is 304 g/mol. The summed E-state index contributed by atoms with van der Waals surface area (Å²) in [6, 6.07) is 0. The van der Waals surface area contributed by atoms with Crippen LogP contribution in [0.15, 0.2) is 6.20 Å². The molecule has 122 valence electrons. The Balaban J connectivity index is 2.02. The third kappa shape index (κ3) is 3.80. The van der Waals surface area contributed by atoms with Gasteiger partial charge in [-0.15, -0.1) is 0 Å². The van der Waals surface area contributed by atoms with Crippen molar-refractivity contribution in [3.63, 3.8) is 0 Å². The maximum atomic E-state index is 9.79. The van der Waals surface area contributed by atoms with Crippen LogP contribution in [-0.2, 0) is 6.54 Å². The minimum atomic E-state index is -0.725. The van der Waals surface area contributed by atoms with Crippen molar-refractivity contribution in [2.24, 2.45) is 5.92 Å². The van der Waals surface area contributed by atoms with E-state index in [1.54, 1.807) is 11.8 Å². The summed E-state index contributed by atoms with van der Waals surface area (Å²) in [6.07, 6.45) is 3.06. The van der Waals surface area contributed by atoms with Gasteiger partial charge in [0.2, 0.25) is 5.95 Å². The molecule has 0 amide bonds. The van der Waals surface area contributed by atoms with Gasteiger partial charge in [0.15, 0.2) is 5.82 Å². The first-order valence-electron chi connectivity index (χ1n) is 6.94. The third-order valence-electron chi connectivity index (χ3n) is 3.48. The number of hydrogen-bond donors (Lipinski definition) is 6. The summed E-state index contributed by atoms with van der Waals surface area (Å²) in [5.41, 5.74) is 13.7. The Morgan fingerprint density at radius 3 is 2.86 bits per heavy atom. The molecule has 2 atom stereocenters. The van der Waals surface area contributed by atoms with Crippen LogP contribution in [0, 0.1) is 5.92 Å². The molecule has 2 unspecified atom stereocenters. The number of rotatable bonds is 8. The van der Waals surface area contributed by atoms with Crippen LogP contribution < -0.4 is 16.8 Å². The molecule has 2 rings (SSSR count). The van der Waals surface area contributed by atoms with Gasteiger partial charge in [-0.3, -0.25) is 0 Å². The van der Waals surface area contributed by atoms with Gasteiger partial charge in [0.25, 0.3) is 0 Å². The normalized spacial score (nSPS) is 14.3. The summed E-state index contributed by atoms with van der Waals surface area (Å²) in [5.74, 6) is 1.21. The van der Waals surface area contributed by atoms with E-state index < -0.39 is 6.10 Å². The van der Waals surface area contributed by atoms with Crippen molar-refractivity contribution < 1.29 is 10.2 Å². The van der Waals surface area contributed by atoms with Crippen molar-refractivity contribution in [2.75, 3.05) is 36.6 Å². The van der Waals surface area contributed by atoms with E-state index in [9.17, 15) is 5.11 Å². The van der Waals surface area contributed by atoms with Crippen molar-refractivity contribution >= 4 is 34.6 Å². The fraction of sp³-hybridized carbons (Fsp3) is 0.538. The van der Waals surface area contributed by atoms with Gasteiger partial charge >= 0.3 is 0 Å². The van der Waals surface area contributed by atoms with Crippen LogP contribution in [0.3, 0.4) is 0 Å². The lowest BCUT2D eigenvalue weighted by atomic mass is 10.1. The number of thioether (sulfide) groups is 1. The first-order valence-corrected chi connectivity index (χ1v) is 8.33. The van der Waals surface area contributed by atoms with Crippen LogP contribution in [-0.4, -0.2) is 56.4 Å². The van der Waals surface area contributed by atoms with Gasteiger partial charge in [0.1, 0.15) is 11.0 Å². The Labute approximate surface area is 132 Å². The number of aromatic nitrogens is 3. The van der Waals surface area contributed by atoms with E-state index in [2.05, 4.69) is 20.3 Å². The monoisotopic (exact) mass is 326 g/mol. The number of aromatic amines is 1. The lowest BCUT2D eigenvalue weighted by Crippen LogP contribution is -2.35. The number of nitrogens with two attached hydrogens (primary N) is 2. The molecule has 0 saturated heterocycles. The van der Waals surface area contributed by atoms with Gasteiger partial charge in [-0.25, -0.2) is 4.98 Å². The highest BCUT2D eigenvalue weighted by Gasteiger charge is 2.18. The van der Waals surface area contributed by atoms with Crippen LogP contribution in [0.1, 0.15) is 5.56 Å². The Morgan fingerprint density at radius 2 is 2.18 bits per heavy atom. The highest BCUT2D eigenvalue weighted by atomic mass is 32.2. The second-order valence-corrected chi connectivity index (χ2v) is 6.01. The summed E-state index contributed by atoms with van der Waals surface area (Å²) in [4.78, 5) is 11.2. The number of nitrogens with one attached hydrogen (secondary N) is 2. The summed E-state index contributed by atoms with van der Waals surface area (Å²) in [6.45, 7) is 0.907. The zero-order valence-corrected chi connectivity index (χ0v) is 13.2. The van der Waals surface area contributed by atoms with Crippen LogP contribution in [0.4, 0.5) is 11.8 Å². The van der Waals surface area contributed by atoms with Crippen LogP contribution in [0.2, 0.25) is 0 Å². The molecule has 9 heteroatoms. The summed E-state index contributed by atoms with van der Waals surface area (Å²) < 4.78 is 0. The van der Waals surface area contributed by atoms with E-state index in [0.717, 1.165) is 11.3 Å². The quantitative estimate of drug-likeness (QED) is 0.382. The average Bonchev–Trinajstić information content (AvgIpc) is 2.89. The van der Waals surface area contributed by atoms with Crippen LogP contribution in [0.5, 0.6) is 0 Å². The number of H-pyrrole nitrogens is 1. The fourth-order valence-electron chi connectivity index (χ4n) is 2.29. The van der Waals surface area contributed by atoms with Gasteiger partial charge in [0, 0.05) is 30.8 Å². The molecule has 2 heterocycles. The second kappa shape index (κ2) is 7.63. The molecule has 0 aliphatic rings. The molecule has 0 fully saturated rings. The minimum Gasteiger partial charge on any atom is -0.394 e. The van der Waals surface area contributed by atoms with Gasteiger partial charge < -0.3 is 32.0 Å². The number of nitrogen functional groups attached to an aromatic ring is 2. The molecular formula is C13H22N6O2S. The number of hydrogen-bond acceptors (Lipinski definition) is 8. The summed E-state index contributed by atoms with van der Waals surface area (Å²) >= 11 is 1.64. The maximum Gasteiger partial charge on any atom is 0.222 e. The first kappa shape index (κ1) is 16.8. The Bertz CT molecular complexity index is 620. The van der Waals surface area contributed by atoms with Crippen LogP contribution >= 0.6 is 11.8 Å². The lowest BCUT2D eigenvalue weighted by molar-refractivity contribution is 0.0549. The standard InChI is InChI=1S/C13H22N6O2S/c1-22-6-8(9(21)5-20)3-16-2-7-4-17-11-10(7)18-13(15)19-12(11)14/h4,8-9,16-17,20-21H,2-3,5-6H2,1H3,(H4,14,15,18,19). The van der Waals surface area contributed by atoms with Crippen molar-refractivity contribution in [3.8, 4) is 0 Å². The number of aliphatic hydroxyl groups excluding tert-OH is 2. The first-order chi connectivity index (χ1) is 10.6. The molecule has 0 saturated carbocycles. The molecule has 2 aromatic rings. The topological polar surface area (TPSA) is 146 Å². The molecule has 2 aromatic heterocycles. The smallest absolute Gasteiger partial charge is 0.222 e. The van der Waals surface area contributed by atoms with E-state index in [0.29, 0.717) is 29.9 Å². The molecule has 0 aliphatic carbocycles. The zero-order chi connectivity index (χ0) is 16.1. The molecule has 8 nitrogen and oxygen atoms in total.